The Morgan fingerprint density at radius 2 is 1.86 bits per heavy atom. The number of piperidine rings is 1. The molecule has 4 heterocycles. The number of rotatable bonds is 3. The molecule has 43 heavy (non-hydrogen) atoms. The zero-order valence-corrected chi connectivity index (χ0v) is 24.6. The summed E-state index contributed by atoms with van der Waals surface area (Å²) in [6, 6.07) is 3.08. The third kappa shape index (κ3) is 5.33. The second kappa shape index (κ2) is 10.4. The van der Waals surface area contributed by atoms with E-state index in [1.807, 2.05) is 0 Å². The van der Waals surface area contributed by atoms with E-state index in [4.69, 9.17) is 25.8 Å². The summed E-state index contributed by atoms with van der Waals surface area (Å²) in [7, 11) is 0. The van der Waals surface area contributed by atoms with Crippen LogP contribution in [0.4, 0.5) is 30.3 Å². The van der Waals surface area contributed by atoms with Gasteiger partial charge < -0.3 is 24.2 Å². The first kappa shape index (κ1) is 28.7. The highest BCUT2D eigenvalue weighted by atomic mass is 35.5. The molecule has 1 aromatic carbocycles. The number of carbonyl (C=O) groups is 3. The van der Waals surface area contributed by atoms with Gasteiger partial charge in [0.15, 0.2) is 0 Å². The second-order valence-corrected chi connectivity index (χ2v) is 12.2. The lowest BCUT2D eigenvalue weighted by molar-refractivity contribution is 0.0244. The number of hydrogen-bond acceptors (Lipinski definition) is 8. The van der Waals surface area contributed by atoms with E-state index < -0.39 is 23.6 Å². The molecule has 3 aromatic rings. The van der Waals surface area contributed by atoms with Gasteiger partial charge in [0.25, 0.3) is 0 Å². The summed E-state index contributed by atoms with van der Waals surface area (Å²) in [6.07, 6.45) is 0.186. The Bertz CT molecular complexity index is 1670. The Hall–Kier alpha value is -4.39. The van der Waals surface area contributed by atoms with Crippen LogP contribution < -0.4 is 15.0 Å². The van der Waals surface area contributed by atoms with E-state index in [1.54, 1.807) is 32.6 Å². The number of anilines is 2. The molecule has 0 spiro atoms. The van der Waals surface area contributed by atoms with Crippen LogP contribution in [0.1, 0.15) is 26.3 Å². The van der Waals surface area contributed by atoms with Crippen LogP contribution in [0.5, 0.6) is 5.88 Å². The minimum atomic E-state index is -1.17. The molecule has 6 rings (SSSR count). The minimum Gasteiger partial charge on any atom is -0.474 e. The number of carboxylic acid groups (broad SMARTS) is 1. The summed E-state index contributed by atoms with van der Waals surface area (Å²) in [4.78, 5) is 48.0. The normalized spacial score (nSPS) is 20.7. The molecule has 1 saturated heterocycles. The molecule has 3 atom stereocenters. The fourth-order valence-corrected chi connectivity index (χ4v) is 5.93. The highest BCUT2D eigenvalue weighted by Crippen LogP contribution is 2.48. The molecule has 3 amide bonds. The number of pyridine rings is 2. The smallest absolute Gasteiger partial charge is 0.413 e. The molecule has 0 unspecified atom stereocenters. The Morgan fingerprint density at radius 1 is 1.14 bits per heavy atom. The van der Waals surface area contributed by atoms with E-state index in [9.17, 15) is 19.5 Å². The van der Waals surface area contributed by atoms with Gasteiger partial charge in [0.05, 0.1) is 11.6 Å². The SMILES string of the molecule is Cc1c(-c2cc3cc(NC(=O)O[C@H]4[C@@H]5CN(C(=O)OC(C)(C)C)C[C@@H]54)ncc3c(Cl)c2F)cnc2c1N(C(=O)O)CCO2. The highest BCUT2D eigenvalue weighted by Gasteiger charge is 2.60. The molecule has 2 aromatic heterocycles. The van der Waals surface area contributed by atoms with Crippen LogP contribution in [-0.2, 0) is 9.47 Å². The molecule has 226 valence electrons. The highest BCUT2D eigenvalue weighted by molar-refractivity contribution is 6.36. The number of ether oxygens (including phenoxy) is 3. The minimum absolute atomic E-state index is 0.0445. The topological polar surface area (TPSA) is 143 Å². The van der Waals surface area contributed by atoms with E-state index in [1.165, 1.54) is 24.5 Å². The Morgan fingerprint density at radius 3 is 2.53 bits per heavy atom. The lowest BCUT2D eigenvalue weighted by atomic mass is 9.97. The number of halogens is 2. The Balaban J connectivity index is 1.19. The predicted molar refractivity (Wildman–Crippen MR) is 154 cm³/mol. The third-order valence-corrected chi connectivity index (χ3v) is 8.13. The molecule has 3 aliphatic rings. The maximum absolute atomic E-state index is 15.5. The van der Waals surface area contributed by atoms with Gasteiger partial charge in [-0.25, -0.2) is 28.7 Å². The van der Waals surface area contributed by atoms with Crippen LogP contribution >= 0.6 is 11.6 Å². The summed E-state index contributed by atoms with van der Waals surface area (Å²) in [6.45, 7) is 8.24. The van der Waals surface area contributed by atoms with Gasteiger partial charge in [-0.3, -0.25) is 10.2 Å². The molecule has 1 aliphatic carbocycles. The molecule has 2 aliphatic heterocycles. The molecule has 0 radical (unpaired) electrons. The van der Waals surface area contributed by atoms with Gasteiger partial charge in [-0.1, -0.05) is 11.6 Å². The molecular formula is C29H29ClFN5O7. The van der Waals surface area contributed by atoms with Crippen molar-refractivity contribution in [1.29, 1.82) is 0 Å². The molecule has 2 fully saturated rings. The first-order valence-electron chi connectivity index (χ1n) is 13.7. The summed E-state index contributed by atoms with van der Waals surface area (Å²) in [5.41, 5.74) is 0.545. The number of hydrogen-bond donors (Lipinski definition) is 2. The number of fused-ring (bicyclic) bond motifs is 3. The van der Waals surface area contributed by atoms with Gasteiger partial charge in [-0.2, -0.15) is 0 Å². The van der Waals surface area contributed by atoms with Crippen LogP contribution in [0, 0.1) is 24.6 Å². The Kier molecular flexibility index (Phi) is 6.95. The zero-order valence-electron chi connectivity index (χ0n) is 23.8. The second-order valence-electron chi connectivity index (χ2n) is 11.8. The van der Waals surface area contributed by atoms with Crippen molar-refractivity contribution in [1.82, 2.24) is 14.9 Å². The molecular weight excluding hydrogens is 585 g/mol. The quantitative estimate of drug-likeness (QED) is 0.381. The molecule has 12 nitrogen and oxygen atoms in total. The number of amides is 3. The maximum atomic E-state index is 15.5. The lowest BCUT2D eigenvalue weighted by Gasteiger charge is -2.28. The van der Waals surface area contributed by atoms with Crippen molar-refractivity contribution >= 4 is 52.2 Å². The van der Waals surface area contributed by atoms with E-state index >= 15 is 4.39 Å². The monoisotopic (exact) mass is 613 g/mol. The van der Waals surface area contributed by atoms with Crippen LogP contribution in [0.2, 0.25) is 5.02 Å². The molecule has 14 heteroatoms. The standard InChI is InChI=1S/C29H29ClFN5O7/c1-13-16(9-33-25-23(13)36(27(38)39)5-6-41-25)15-7-14-8-20(32-10-17(14)21(30)22(15)31)34-26(37)42-24-18-11-35(12-19(18)24)28(40)43-29(2,3)4/h7-10,18-19,24H,5-6,11-12H2,1-4H3,(H,38,39)(H,32,34,37)/t18-,19+,24+. The molecule has 0 bridgehead atoms. The first-order chi connectivity index (χ1) is 20.3. The van der Waals surface area contributed by atoms with Gasteiger partial charge in [-0.05, 0) is 50.8 Å². The average molecular weight is 614 g/mol. The zero-order chi connectivity index (χ0) is 30.8. The van der Waals surface area contributed by atoms with E-state index in [2.05, 4.69) is 15.3 Å². The molecule has 1 saturated carbocycles. The predicted octanol–water partition coefficient (Wildman–Crippen LogP) is 5.69. The fourth-order valence-electron chi connectivity index (χ4n) is 5.67. The fraction of sp³-hybridized carbons (Fsp3) is 0.414. The van der Waals surface area contributed by atoms with Crippen LogP contribution in [-0.4, -0.2) is 76.2 Å². The number of carbonyl (C=O) groups excluding carboxylic acids is 2. The third-order valence-electron chi connectivity index (χ3n) is 7.76. The van der Waals surface area contributed by atoms with Crippen molar-refractivity contribution in [2.24, 2.45) is 11.8 Å². The van der Waals surface area contributed by atoms with Crippen LogP contribution in [0.15, 0.2) is 24.5 Å². The van der Waals surface area contributed by atoms with Gasteiger partial charge in [-0.15, -0.1) is 0 Å². The first-order valence-corrected chi connectivity index (χ1v) is 14.1. The Labute approximate surface area is 250 Å². The van der Waals surface area contributed by atoms with Crippen LogP contribution in [0.3, 0.4) is 0 Å². The van der Waals surface area contributed by atoms with Crippen molar-refractivity contribution in [2.75, 3.05) is 36.5 Å². The van der Waals surface area contributed by atoms with Crippen molar-refractivity contribution in [3.8, 4) is 17.0 Å². The average Bonchev–Trinajstić information content (AvgIpc) is 3.35. The van der Waals surface area contributed by atoms with Crippen molar-refractivity contribution in [2.45, 2.75) is 39.4 Å². The summed E-state index contributed by atoms with van der Waals surface area (Å²) < 4.78 is 32.1. The number of likely N-dealkylation sites (tertiary alicyclic amines) is 1. The van der Waals surface area contributed by atoms with Crippen molar-refractivity contribution in [3.05, 3.63) is 40.9 Å². The van der Waals surface area contributed by atoms with Gasteiger partial charge in [0.2, 0.25) is 5.88 Å². The summed E-state index contributed by atoms with van der Waals surface area (Å²) in [5.74, 6) is -0.321. The lowest BCUT2D eigenvalue weighted by Crippen LogP contribution is -2.38. The number of nitrogens with one attached hydrogen (secondary N) is 1. The van der Waals surface area contributed by atoms with Crippen molar-refractivity contribution < 1.29 is 38.1 Å². The van der Waals surface area contributed by atoms with Crippen LogP contribution in [0.25, 0.3) is 21.9 Å². The molecule has 2 N–H and O–H groups in total. The largest absolute Gasteiger partial charge is 0.474 e. The van der Waals surface area contributed by atoms with Gasteiger partial charge in [0.1, 0.15) is 35.6 Å². The number of nitrogens with zero attached hydrogens (tertiary/aromatic N) is 4. The van der Waals surface area contributed by atoms with E-state index in [-0.39, 0.29) is 65.2 Å². The van der Waals surface area contributed by atoms with E-state index in [0.29, 0.717) is 35.0 Å². The summed E-state index contributed by atoms with van der Waals surface area (Å²) >= 11 is 6.40. The maximum Gasteiger partial charge on any atom is 0.413 e. The van der Waals surface area contributed by atoms with Gasteiger partial charge in [0, 0.05) is 53.8 Å². The van der Waals surface area contributed by atoms with E-state index in [0.717, 1.165) is 4.90 Å². The number of aromatic nitrogens is 2. The number of benzene rings is 1. The summed E-state index contributed by atoms with van der Waals surface area (Å²) in [5, 5.41) is 12.9. The van der Waals surface area contributed by atoms with Gasteiger partial charge >= 0.3 is 18.3 Å². The van der Waals surface area contributed by atoms with Crippen molar-refractivity contribution in [3.63, 3.8) is 0 Å².